The molecule has 1 N–H and O–H groups in total. The van der Waals surface area contributed by atoms with Gasteiger partial charge in [-0.15, -0.1) is 0 Å². The van der Waals surface area contributed by atoms with Gasteiger partial charge in [-0.3, -0.25) is 9.80 Å². The number of para-hydroxylation sites is 1. The fourth-order valence-electron chi connectivity index (χ4n) is 4.19. The number of hydrogen-bond donors (Lipinski definition) is 1. The van der Waals surface area contributed by atoms with E-state index >= 15 is 0 Å². The predicted molar refractivity (Wildman–Crippen MR) is 143 cm³/mol. The van der Waals surface area contributed by atoms with Gasteiger partial charge in [0.05, 0.1) is 19.7 Å². The van der Waals surface area contributed by atoms with Crippen molar-refractivity contribution in [3.63, 3.8) is 0 Å². The van der Waals surface area contributed by atoms with E-state index < -0.39 is 0 Å². The van der Waals surface area contributed by atoms with E-state index in [0.29, 0.717) is 18.2 Å². The topological polar surface area (TPSA) is 57.2 Å². The van der Waals surface area contributed by atoms with Gasteiger partial charge in [0.2, 0.25) is 0 Å². The van der Waals surface area contributed by atoms with Gasteiger partial charge < -0.3 is 10.1 Å². The lowest BCUT2D eigenvalue weighted by atomic mass is 10.00. The molecule has 0 radical (unpaired) electrons. The third kappa shape index (κ3) is 5.27. The monoisotopic (exact) mass is 466 g/mol. The number of carbonyl (C=O) groups is 1. The Morgan fingerprint density at radius 3 is 2.26 bits per heavy atom. The summed E-state index contributed by atoms with van der Waals surface area (Å²) < 4.78 is 5.30. The molecule has 1 aliphatic rings. The molecule has 1 atom stereocenters. The van der Waals surface area contributed by atoms with Crippen molar-refractivity contribution in [3.05, 3.63) is 115 Å². The van der Waals surface area contributed by atoms with Gasteiger partial charge in [0.25, 0.3) is 0 Å². The molecule has 4 rings (SSSR count). The van der Waals surface area contributed by atoms with Crippen LogP contribution in [-0.2, 0) is 6.54 Å². The number of rotatable bonds is 7. The number of allylic oxidation sites excluding steroid dienone is 1. The first-order chi connectivity index (χ1) is 17.0. The number of urea groups is 1. The Kier molecular flexibility index (Phi) is 7.31. The molecule has 3 aromatic rings. The highest BCUT2D eigenvalue weighted by Crippen LogP contribution is 2.31. The van der Waals surface area contributed by atoms with Crippen molar-refractivity contribution in [1.82, 2.24) is 4.90 Å². The van der Waals surface area contributed by atoms with Crippen LogP contribution >= 0.6 is 0 Å². The summed E-state index contributed by atoms with van der Waals surface area (Å²) in [4.78, 5) is 22.3. The van der Waals surface area contributed by atoms with Crippen LogP contribution in [0.25, 0.3) is 0 Å². The number of methoxy groups -OCH3 is 1. The van der Waals surface area contributed by atoms with Crippen molar-refractivity contribution >= 4 is 23.2 Å². The maximum absolute atomic E-state index is 14.0. The number of anilines is 2. The van der Waals surface area contributed by atoms with Crippen LogP contribution in [0.5, 0.6) is 5.75 Å². The van der Waals surface area contributed by atoms with Gasteiger partial charge in [-0.05, 0) is 55.8 Å². The molecule has 1 saturated heterocycles. The van der Waals surface area contributed by atoms with Crippen LogP contribution in [0.1, 0.15) is 19.4 Å². The molecular weight excluding hydrogens is 436 g/mol. The predicted octanol–water partition coefficient (Wildman–Crippen LogP) is 6.45. The fraction of sp³-hybridized carbons (Fsp3) is 0.172. The maximum atomic E-state index is 14.0. The number of amidine groups is 1. The fourth-order valence-corrected chi connectivity index (χ4v) is 4.19. The number of carbonyl (C=O) groups excluding carboxylic acids is 1. The molecule has 1 aliphatic heterocycles. The van der Waals surface area contributed by atoms with E-state index in [2.05, 4.69) is 11.9 Å². The summed E-state index contributed by atoms with van der Waals surface area (Å²) in [5.74, 6) is 1.79. The van der Waals surface area contributed by atoms with E-state index in [1.165, 1.54) is 0 Å². The third-order valence-corrected chi connectivity index (χ3v) is 5.94. The first kappa shape index (κ1) is 23.8. The smallest absolute Gasteiger partial charge is 0.331 e. The molecule has 1 fully saturated rings. The standard InChI is InChI=1S/C29H30N4O2/c1-5-27-21(2)33(25-16-18-26(35-4)19-17-25)29(34)32(20-23-12-8-6-9-13-23)28(27)31-22(3)30-24-14-10-7-11-15-24/h5-19,21,30H,3,20H2,1-2,4H3/b27-5-,31-28+. The van der Waals surface area contributed by atoms with Crippen molar-refractivity contribution in [2.75, 3.05) is 17.3 Å². The quantitative estimate of drug-likeness (QED) is 0.435. The molecule has 0 aliphatic carbocycles. The summed E-state index contributed by atoms with van der Waals surface area (Å²) in [5.41, 5.74) is 3.62. The van der Waals surface area contributed by atoms with E-state index in [0.717, 1.165) is 28.3 Å². The van der Waals surface area contributed by atoms with Crippen LogP contribution in [0, 0.1) is 0 Å². The number of ether oxygens (including phenoxy) is 1. The summed E-state index contributed by atoms with van der Waals surface area (Å²) in [6, 6.07) is 26.8. The van der Waals surface area contributed by atoms with Crippen LogP contribution < -0.4 is 15.0 Å². The molecule has 178 valence electrons. The van der Waals surface area contributed by atoms with Gasteiger partial charge in [0.15, 0.2) is 0 Å². The lowest BCUT2D eigenvalue weighted by molar-refractivity contribution is 0.221. The number of aliphatic imine (C=N–C) groups is 1. The SMILES string of the molecule is C=C(/N=C1\C(=C/C)C(C)N(c2ccc(OC)cc2)C(=O)N1Cc1ccccc1)Nc1ccccc1. The number of amides is 2. The summed E-state index contributed by atoms with van der Waals surface area (Å²) in [7, 11) is 1.63. The normalized spacial score (nSPS) is 18.1. The zero-order valence-electron chi connectivity index (χ0n) is 20.3. The van der Waals surface area contributed by atoms with E-state index in [1.54, 1.807) is 16.9 Å². The average Bonchev–Trinajstić information content (AvgIpc) is 2.88. The average molecular weight is 467 g/mol. The molecule has 0 spiro atoms. The van der Waals surface area contributed by atoms with Crippen molar-refractivity contribution in [2.45, 2.75) is 26.4 Å². The largest absolute Gasteiger partial charge is 0.497 e. The Bertz CT molecular complexity index is 1230. The van der Waals surface area contributed by atoms with Crippen molar-refractivity contribution in [1.29, 1.82) is 0 Å². The van der Waals surface area contributed by atoms with Gasteiger partial charge in [0, 0.05) is 16.9 Å². The molecule has 0 saturated carbocycles. The second kappa shape index (κ2) is 10.7. The number of nitrogens with zero attached hydrogens (tertiary/aromatic N) is 3. The van der Waals surface area contributed by atoms with Crippen molar-refractivity contribution in [3.8, 4) is 5.75 Å². The minimum atomic E-state index is -0.226. The van der Waals surface area contributed by atoms with Gasteiger partial charge in [-0.25, -0.2) is 9.79 Å². The Labute approximate surface area is 206 Å². The molecule has 0 aromatic heterocycles. The summed E-state index contributed by atoms with van der Waals surface area (Å²) in [5, 5.41) is 3.23. The molecule has 35 heavy (non-hydrogen) atoms. The minimum absolute atomic E-state index is 0.150. The van der Waals surface area contributed by atoms with Crippen LogP contribution in [0.3, 0.4) is 0 Å². The second-order valence-electron chi connectivity index (χ2n) is 8.22. The highest BCUT2D eigenvalue weighted by Gasteiger charge is 2.39. The highest BCUT2D eigenvalue weighted by molar-refractivity contribution is 6.16. The molecule has 3 aromatic carbocycles. The summed E-state index contributed by atoms with van der Waals surface area (Å²) in [6.07, 6.45) is 2.01. The van der Waals surface area contributed by atoms with E-state index in [9.17, 15) is 4.79 Å². The molecular formula is C29H30N4O2. The molecule has 1 unspecified atom stereocenters. The first-order valence-corrected chi connectivity index (χ1v) is 11.6. The minimum Gasteiger partial charge on any atom is -0.497 e. The Morgan fingerprint density at radius 2 is 1.66 bits per heavy atom. The van der Waals surface area contributed by atoms with Gasteiger partial charge in [-0.2, -0.15) is 0 Å². The van der Waals surface area contributed by atoms with Crippen LogP contribution in [0.2, 0.25) is 0 Å². The first-order valence-electron chi connectivity index (χ1n) is 11.6. The maximum Gasteiger partial charge on any atom is 0.331 e. The number of nitrogens with one attached hydrogen (secondary N) is 1. The molecule has 2 amide bonds. The summed E-state index contributed by atoms with van der Waals surface area (Å²) >= 11 is 0. The molecule has 0 bridgehead atoms. The second-order valence-corrected chi connectivity index (χ2v) is 8.22. The Morgan fingerprint density at radius 1 is 1.03 bits per heavy atom. The van der Waals surface area contributed by atoms with Crippen LogP contribution in [0.4, 0.5) is 16.2 Å². The highest BCUT2D eigenvalue weighted by atomic mass is 16.5. The van der Waals surface area contributed by atoms with Gasteiger partial charge >= 0.3 is 6.03 Å². The molecule has 1 heterocycles. The van der Waals surface area contributed by atoms with Gasteiger partial charge in [-0.1, -0.05) is 61.2 Å². The van der Waals surface area contributed by atoms with Crippen molar-refractivity contribution in [2.24, 2.45) is 4.99 Å². The Balaban J connectivity index is 1.74. The lowest BCUT2D eigenvalue weighted by Gasteiger charge is -2.42. The van der Waals surface area contributed by atoms with Crippen LogP contribution in [0.15, 0.2) is 114 Å². The van der Waals surface area contributed by atoms with E-state index in [1.807, 2.05) is 105 Å². The molecule has 6 heteroatoms. The van der Waals surface area contributed by atoms with E-state index in [-0.39, 0.29) is 12.1 Å². The van der Waals surface area contributed by atoms with Crippen molar-refractivity contribution < 1.29 is 9.53 Å². The van der Waals surface area contributed by atoms with Gasteiger partial charge in [0.1, 0.15) is 17.4 Å². The Hall–Kier alpha value is -4.32. The summed E-state index contributed by atoms with van der Waals surface area (Å²) in [6.45, 7) is 8.48. The van der Waals surface area contributed by atoms with Crippen LogP contribution in [-0.4, -0.2) is 29.9 Å². The lowest BCUT2D eigenvalue weighted by Crippen LogP contribution is -2.57. The zero-order valence-corrected chi connectivity index (χ0v) is 20.3. The number of benzene rings is 3. The number of hydrogen-bond acceptors (Lipinski definition) is 4. The third-order valence-electron chi connectivity index (χ3n) is 5.94. The molecule has 6 nitrogen and oxygen atoms in total. The zero-order chi connectivity index (χ0) is 24.8. The van der Waals surface area contributed by atoms with E-state index in [4.69, 9.17) is 9.73 Å².